The minimum atomic E-state index is -3.57. The summed E-state index contributed by atoms with van der Waals surface area (Å²) >= 11 is 0. The first-order chi connectivity index (χ1) is 8.31. The van der Waals surface area contributed by atoms with Crippen molar-refractivity contribution in [3.8, 4) is 0 Å². The van der Waals surface area contributed by atoms with Crippen molar-refractivity contribution in [2.45, 2.75) is 24.8 Å². The molecule has 0 atom stereocenters. The third-order valence-electron chi connectivity index (χ3n) is 2.46. The molecule has 0 saturated heterocycles. The molecule has 0 saturated carbocycles. The van der Waals surface area contributed by atoms with Gasteiger partial charge in [0.15, 0.2) is 5.58 Å². The van der Waals surface area contributed by atoms with Crippen molar-refractivity contribution in [3.63, 3.8) is 0 Å². The molecule has 7 heteroatoms. The predicted octanol–water partition coefficient (Wildman–Crippen LogP) is 0.818. The van der Waals surface area contributed by atoms with Crippen LogP contribution in [0.25, 0.3) is 11.1 Å². The number of aromatic nitrogens is 1. The number of oxazole rings is 1. The second-order valence-corrected chi connectivity index (χ2v) is 6.05. The summed E-state index contributed by atoms with van der Waals surface area (Å²) < 4.78 is 32.6. The molecule has 1 heterocycles. The van der Waals surface area contributed by atoms with E-state index in [1.807, 2.05) is 0 Å². The van der Waals surface area contributed by atoms with Crippen LogP contribution in [0.1, 0.15) is 13.8 Å². The van der Waals surface area contributed by atoms with Crippen LogP contribution < -0.4 is 10.5 Å². The van der Waals surface area contributed by atoms with E-state index in [0.29, 0.717) is 11.1 Å². The van der Waals surface area contributed by atoms with Crippen molar-refractivity contribution in [3.05, 3.63) is 28.7 Å². The van der Waals surface area contributed by atoms with Gasteiger partial charge >= 0.3 is 5.76 Å². The minimum Gasteiger partial charge on any atom is -0.408 e. The highest BCUT2D eigenvalue weighted by molar-refractivity contribution is 7.89. The van der Waals surface area contributed by atoms with Gasteiger partial charge in [0.1, 0.15) is 0 Å². The maximum absolute atomic E-state index is 12.0. The molecule has 0 fully saturated rings. The molecule has 0 aliphatic rings. The molecule has 0 aliphatic carbocycles. The molecule has 0 unspecified atom stereocenters. The Bertz CT molecular complexity index is 740. The summed E-state index contributed by atoms with van der Waals surface area (Å²) in [6.45, 7) is 3.48. The van der Waals surface area contributed by atoms with E-state index in [9.17, 15) is 13.2 Å². The molecule has 0 aliphatic heterocycles. The van der Waals surface area contributed by atoms with Gasteiger partial charge in [-0.1, -0.05) is 0 Å². The summed E-state index contributed by atoms with van der Waals surface area (Å²) in [6, 6.07) is 4.12. The number of benzene rings is 1. The van der Waals surface area contributed by atoms with Gasteiger partial charge in [-0.15, -0.1) is 0 Å². The van der Waals surface area contributed by atoms with Crippen LogP contribution >= 0.6 is 0 Å². The van der Waals surface area contributed by atoms with Crippen molar-refractivity contribution in [2.24, 2.45) is 7.05 Å². The summed E-state index contributed by atoms with van der Waals surface area (Å²) in [4.78, 5) is 11.4. The zero-order valence-electron chi connectivity index (χ0n) is 10.3. The molecular formula is C11H14N2O4S. The van der Waals surface area contributed by atoms with Crippen LogP contribution in [-0.4, -0.2) is 19.0 Å². The molecule has 0 amide bonds. The number of aryl methyl sites for hydroxylation is 1. The van der Waals surface area contributed by atoms with Gasteiger partial charge < -0.3 is 4.42 Å². The average Bonchev–Trinajstić information content (AvgIpc) is 2.53. The molecule has 0 spiro atoms. The molecule has 1 aromatic carbocycles. The highest BCUT2D eigenvalue weighted by atomic mass is 32.2. The minimum absolute atomic E-state index is 0.111. The molecule has 0 bridgehead atoms. The van der Waals surface area contributed by atoms with E-state index in [-0.39, 0.29) is 10.9 Å². The number of hydrogen-bond acceptors (Lipinski definition) is 4. The van der Waals surface area contributed by atoms with Gasteiger partial charge in [0.2, 0.25) is 10.0 Å². The zero-order chi connectivity index (χ0) is 13.5. The van der Waals surface area contributed by atoms with Crippen LogP contribution in [0.15, 0.2) is 32.3 Å². The number of hydrogen-bond donors (Lipinski definition) is 1. The fraction of sp³-hybridized carbons (Fsp3) is 0.364. The Balaban J connectivity index is 2.60. The maximum Gasteiger partial charge on any atom is 0.419 e. The van der Waals surface area contributed by atoms with Gasteiger partial charge in [-0.2, -0.15) is 0 Å². The molecule has 6 nitrogen and oxygen atoms in total. The molecule has 18 heavy (non-hydrogen) atoms. The van der Waals surface area contributed by atoms with Crippen LogP contribution in [0, 0.1) is 0 Å². The lowest BCUT2D eigenvalue weighted by Gasteiger charge is -2.09. The fourth-order valence-corrected chi connectivity index (χ4v) is 2.92. The van der Waals surface area contributed by atoms with E-state index in [4.69, 9.17) is 4.42 Å². The van der Waals surface area contributed by atoms with Gasteiger partial charge in [0.25, 0.3) is 0 Å². The third-order valence-corrected chi connectivity index (χ3v) is 4.12. The summed E-state index contributed by atoms with van der Waals surface area (Å²) in [5, 5.41) is 0. The Kier molecular flexibility index (Phi) is 3.04. The Hall–Kier alpha value is -1.60. The van der Waals surface area contributed by atoms with Crippen molar-refractivity contribution in [2.75, 3.05) is 0 Å². The monoisotopic (exact) mass is 270 g/mol. The van der Waals surface area contributed by atoms with Gasteiger partial charge in [0.05, 0.1) is 10.4 Å². The highest BCUT2D eigenvalue weighted by Gasteiger charge is 2.17. The number of sulfonamides is 1. The van der Waals surface area contributed by atoms with Crippen molar-refractivity contribution >= 4 is 21.1 Å². The summed E-state index contributed by atoms with van der Waals surface area (Å²) in [7, 11) is -2.04. The van der Waals surface area contributed by atoms with E-state index >= 15 is 0 Å². The van der Waals surface area contributed by atoms with Gasteiger partial charge in [0, 0.05) is 13.1 Å². The number of rotatable bonds is 3. The Morgan fingerprint density at radius 3 is 2.61 bits per heavy atom. The molecule has 2 aromatic rings. The van der Waals surface area contributed by atoms with Crippen molar-refractivity contribution in [1.82, 2.24) is 9.29 Å². The van der Waals surface area contributed by atoms with Crippen molar-refractivity contribution < 1.29 is 12.8 Å². The molecular weight excluding hydrogens is 256 g/mol. The second kappa shape index (κ2) is 4.25. The first-order valence-corrected chi connectivity index (χ1v) is 6.91. The first kappa shape index (κ1) is 12.8. The molecule has 98 valence electrons. The maximum atomic E-state index is 12.0. The lowest BCUT2D eigenvalue weighted by Crippen LogP contribution is -2.30. The van der Waals surface area contributed by atoms with Gasteiger partial charge in [-0.3, -0.25) is 4.57 Å². The zero-order valence-corrected chi connectivity index (χ0v) is 11.1. The van der Waals surface area contributed by atoms with Gasteiger partial charge in [-0.05, 0) is 32.0 Å². The lowest BCUT2D eigenvalue weighted by molar-refractivity contribution is 0.528. The Morgan fingerprint density at radius 1 is 1.33 bits per heavy atom. The van der Waals surface area contributed by atoms with E-state index in [0.717, 1.165) is 0 Å². The smallest absolute Gasteiger partial charge is 0.408 e. The van der Waals surface area contributed by atoms with Crippen LogP contribution in [0.2, 0.25) is 0 Å². The van der Waals surface area contributed by atoms with Gasteiger partial charge in [-0.25, -0.2) is 17.9 Å². The lowest BCUT2D eigenvalue weighted by atomic mass is 10.3. The SMILES string of the molecule is CC(C)NS(=O)(=O)c1ccc2oc(=O)n(C)c2c1. The predicted molar refractivity (Wildman–Crippen MR) is 66.9 cm³/mol. The first-order valence-electron chi connectivity index (χ1n) is 5.43. The quantitative estimate of drug-likeness (QED) is 0.895. The van der Waals surface area contributed by atoms with Crippen molar-refractivity contribution in [1.29, 1.82) is 0 Å². The Morgan fingerprint density at radius 2 is 2.00 bits per heavy atom. The third kappa shape index (κ3) is 2.19. The van der Waals surface area contributed by atoms with E-state index in [1.54, 1.807) is 13.8 Å². The normalized spacial score (nSPS) is 12.4. The topological polar surface area (TPSA) is 81.3 Å². The standard InChI is InChI=1S/C11H14N2O4S/c1-7(2)12-18(15,16)8-4-5-10-9(6-8)13(3)11(14)17-10/h4-7,12H,1-3H3. The highest BCUT2D eigenvalue weighted by Crippen LogP contribution is 2.17. The number of nitrogens with one attached hydrogen (secondary N) is 1. The summed E-state index contributed by atoms with van der Waals surface area (Å²) in [6.07, 6.45) is 0. The van der Waals surface area contributed by atoms with Crippen LogP contribution in [0.5, 0.6) is 0 Å². The largest absolute Gasteiger partial charge is 0.419 e. The molecule has 1 aromatic heterocycles. The van der Waals surface area contributed by atoms with Crippen LogP contribution in [-0.2, 0) is 17.1 Å². The summed E-state index contributed by atoms with van der Waals surface area (Å²) in [5.41, 5.74) is 0.817. The average molecular weight is 270 g/mol. The summed E-state index contributed by atoms with van der Waals surface area (Å²) in [5.74, 6) is -0.517. The second-order valence-electron chi connectivity index (χ2n) is 4.33. The molecule has 2 rings (SSSR count). The van der Waals surface area contributed by atoms with E-state index in [1.165, 1.54) is 29.8 Å². The Labute approximate surface area is 104 Å². The van der Waals surface area contributed by atoms with E-state index in [2.05, 4.69) is 4.72 Å². The molecule has 0 radical (unpaired) electrons. The van der Waals surface area contributed by atoms with Crippen LogP contribution in [0.3, 0.4) is 0 Å². The van der Waals surface area contributed by atoms with E-state index < -0.39 is 15.8 Å². The fourth-order valence-electron chi connectivity index (χ4n) is 1.65. The number of fused-ring (bicyclic) bond motifs is 1. The number of nitrogens with zero attached hydrogens (tertiary/aromatic N) is 1. The van der Waals surface area contributed by atoms with Crippen LogP contribution in [0.4, 0.5) is 0 Å². The molecule has 1 N–H and O–H groups in total.